The molecule has 0 spiro atoms. The number of aliphatic hydroxyl groups excluding tert-OH is 1. The molecule has 2 radical (unpaired) electrons. The van der Waals surface area contributed by atoms with Crippen LogP contribution in [0, 0.1) is 0 Å². The van der Waals surface area contributed by atoms with E-state index in [0.717, 1.165) is 49.4 Å². The van der Waals surface area contributed by atoms with Gasteiger partial charge >= 0.3 is 191 Å². The van der Waals surface area contributed by atoms with E-state index < -0.39 is 21.1 Å². The molecule has 7 nitrogen and oxygen atoms in total. The molecular weight excluding hydrogens is 503 g/mol. The number of piperazine rings is 1. The summed E-state index contributed by atoms with van der Waals surface area (Å²) >= 11 is 0.790. The molecule has 1 aliphatic heterocycles. The number of anilines is 1. The SMILES string of the molecule is OCCN1CCN(c2cnc3cc[c]([Sn][c]4nnc(C5CCCC5)s4)nc3c2)CC1. The third kappa shape index (κ3) is 4.61. The Labute approximate surface area is 190 Å². The molecule has 5 rings (SSSR count). The zero-order chi connectivity index (χ0) is 20.3. The normalized spacial score (nSPS) is 18.5. The van der Waals surface area contributed by atoms with Crippen LogP contribution in [0.25, 0.3) is 11.0 Å². The second-order valence-corrected chi connectivity index (χ2v) is 13.6. The standard InChI is InChI=1S/C14H17N4O.C7H9N2S.Sn/c19-9-8-17-4-6-18(7-5-17)12-10-14-13(16-11-12)2-1-3-15-14;1-2-4-6(3-1)7-9-8-5-10-7;/h1-2,10-11,19H,4-9H2;6H,1-4H2;. The van der Waals surface area contributed by atoms with Gasteiger partial charge in [0.15, 0.2) is 0 Å². The molecule has 0 aromatic carbocycles. The molecular formula is C21H26N6OSSn. The van der Waals surface area contributed by atoms with Crippen LogP contribution < -0.4 is 11.6 Å². The summed E-state index contributed by atoms with van der Waals surface area (Å²) < 4.78 is 2.41. The molecule has 2 aliphatic rings. The van der Waals surface area contributed by atoms with E-state index in [2.05, 4.69) is 43.2 Å². The second-order valence-electron chi connectivity index (χ2n) is 8.03. The van der Waals surface area contributed by atoms with E-state index in [9.17, 15) is 0 Å². The summed E-state index contributed by atoms with van der Waals surface area (Å²) in [5.41, 5.74) is 3.06. The van der Waals surface area contributed by atoms with E-state index in [1.807, 2.05) is 17.5 Å². The van der Waals surface area contributed by atoms with Gasteiger partial charge in [-0.05, 0) is 0 Å². The summed E-state index contributed by atoms with van der Waals surface area (Å²) in [5.74, 6) is 0.643. The molecule has 1 saturated heterocycles. The molecule has 0 bridgehead atoms. The quantitative estimate of drug-likeness (QED) is 0.476. The van der Waals surface area contributed by atoms with E-state index in [1.54, 1.807) is 0 Å². The van der Waals surface area contributed by atoms with Crippen molar-refractivity contribution >= 4 is 55.9 Å². The molecule has 3 aromatic heterocycles. The van der Waals surface area contributed by atoms with Crippen LogP contribution in [0.5, 0.6) is 0 Å². The molecule has 3 aromatic rings. The third-order valence-corrected chi connectivity index (χ3v) is 10.9. The molecule has 1 saturated carbocycles. The number of β-amino-alcohol motifs (C(OH)–C–C–N with tert-alkyl or cyclic N) is 1. The van der Waals surface area contributed by atoms with Crippen LogP contribution in [-0.2, 0) is 0 Å². The predicted octanol–water partition coefficient (Wildman–Crippen LogP) is 0.908. The Morgan fingerprint density at radius 3 is 2.70 bits per heavy atom. The van der Waals surface area contributed by atoms with Gasteiger partial charge in [0.05, 0.1) is 0 Å². The zero-order valence-corrected chi connectivity index (χ0v) is 20.7. The number of aliphatic hydroxyl groups is 1. The second kappa shape index (κ2) is 9.42. The van der Waals surface area contributed by atoms with Gasteiger partial charge in [-0.25, -0.2) is 0 Å². The van der Waals surface area contributed by atoms with Crippen molar-refractivity contribution in [1.82, 2.24) is 25.1 Å². The molecule has 0 atom stereocenters. The minimum absolute atomic E-state index is 0.228. The number of hydrogen-bond acceptors (Lipinski definition) is 8. The third-order valence-electron chi connectivity index (χ3n) is 6.06. The van der Waals surface area contributed by atoms with Crippen LogP contribution in [0.15, 0.2) is 24.4 Å². The fourth-order valence-electron chi connectivity index (χ4n) is 4.34. The molecule has 1 aliphatic carbocycles. The maximum absolute atomic E-state index is 9.13. The Bertz CT molecular complexity index is 1000. The zero-order valence-electron chi connectivity index (χ0n) is 17.0. The predicted molar refractivity (Wildman–Crippen MR) is 121 cm³/mol. The van der Waals surface area contributed by atoms with Crippen LogP contribution in [0.3, 0.4) is 0 Å². The van der Waals surface area contributed by atoms with Gasteiger partial charge in [0, 0.05) is 0 Å². The number of aromatic nitrogens is 4. The number of nitrogens with zero attached hydrogens (tertiary/aromatic N) is 6. The van der Waals surface area contributed by atoms with Gasteiger partial charge in [0.2, 0.25) is 0 Å². The summed E-state index contributed by atoms with van der Waals surface area (Å²) in [6.45, 7) is 4.85. The molecule has 156 valence electrons. The van der Waals surface area contributed by atoms with Crippen molar-refractivity contribution in [3.05, 3.63) is 29.4 Å². The first kappa shape index (κ1) is 20.5. The van der Waals surface area contributed by atoms with Crippen molar-refractivity contribution in [2.75, 3.05) is 44.2 Å². The molecule has 9 heteroatoms. The molecule has 0 amide bonds. The summed E-state index contributed by atoms with van der Waals surface area (Å²) in [6.07, 6.45) is 7.17. The van der Waals surface area contributed by atoms with Crippen molar-refractivity contribution in [2.24, 2.45) is 0 Å². The number of rotatable bonds is 6. The number of hydrogen-bond donors (Lipinski definition) is 1. The number of fused-ring (bicyclic) bond motifs is 1. The van der Waals surface area contributed by atoms with Crippen molar-refractivity contribution < 1.29 is 5.11 Å². The fourth-order valence-corrected chi connectivity index (χ4v) is 9.08. The minimum atomic E-state index is -1.04. The van der Waals surface area contributed by atoms with Gasteiger partial charge in [-0.15, -0.1) is 0 Å². The van der Waals surface area contributed by atoms with Gasteiger partial charge in [0.25, 0.3) is 0 Å². The van der Waals surface area contributed by atoms with Crippen molar-refractivity contribution in [3.8, 4) is 0 Å². The van der Waals surface area contributed by atoms with Gasteiger partial charge in [0.1, 0.15) is 0 Å². The summed E-state index contributed by atoms with van der Waals surface area (Å²) in [4.78, 5) is 14.3. The first-order chi connectivity index (χ1) is 14.8. The Morgan fingerprint density at radius 2 is 1.90 bits per heavy atom. The van der Waals surface area contributed by atoms with Crippen LogP contribution in [0.1, 0.15) is 36.6 Å². The van der Waals surface area contributed by atoms with E-state index in [-0.39, 0.29) is 6.61 Å². The maximum atomic E-state index is 9.13. The topological polar surface area (TPSA) is 78.3 Å². The Balaban J connectivity index is 1.30. The Hall–Kier alpha value is -1.36. The van der Waals surface area contributed by atoms with Gasteiger partial charge < -0.3 is 0 Å². The van der Waals surface area contributed by atoms with Crippen LogP contribution in [0.4, 0.5) is 5.69 Å². The first-order valence-electron chi connectivity index (χ1n) is 10.7. The van der Waals surface area contributed by atoms with E-state index >= 15 is 0 Å². The molecule has 2 fully saturated rings. The van der Waals surface area contributed by atoms with Crippen molar-refractivity contribution in [2.45, 2.75) is 31.6 Å². The Morgan fingerprint density at radius 1 is 1.07 bits per heavy atom. The van der Waals surface area contributed by atoms with E-state index in [4.69, 9.17) is 10.1 Å². The summed E-state index contributed by atoms with van der Waals surface area (Å²) in [5, 5.41) is 19.4. The van der Waals surface area contributed by atoms with Gasteiger partial charge in [-0.1, -0.05) is 0 Å². The first-order valence-corrected chi connectivity index (χ1v) is 14.4. The Kier molecular flexibility index (Phi) is 6.45. The molecule has 1 N–H and O–H groups in total. The van der Waals surface area contributed by atoms with Crippen molar-refractivity contribution in [1.29, 1.82) is 0 Å². The van der Waals surface area contributed by atoms with Crippen molar-refractivity contribution in [3.63, 3.8) is 0 Å². The monoisotopic (exact) mass is 530 g/mol. The molecule has 30 heavy (non-hydrogen) atoms. The number of pyridine rings is 2. The van der Waals surface area contributed by atoms with Crippen LogP contribution >= 0.6 is 11.3 Å². The fraction of sp³-hybridized carbons (Fsp3) is 0.524. The average molecular weight is 529 g/mol. The summed E-state index contributed by atoms with van der Waals surface area (Å²) in [7, 11) is 0. The van der Waals surface area contributed by atoms with E-state index in [1.165, 1.54) is 37.4 Å². The van der Waals surface area contributed by atoms with Gasteiger partial charge in [-0.3, -0.25) is 0 Å². The molecule has 4 heterocycles. The van der Waals surface area contributed by atoms with Crippen LogP contribution in [0.2, 0.25) is 0 Å². The average Bonchev–Trinajstić information content (AvgIpc) is 3.46. The van der Waals surface area contributed by atoms with Crippen LogP contribution in [-0.4, -0.2) is 90.6 Å². The molecule has 0 unspecified atom stereocenters. The van der Waals surface area contributed by atoms with Gasteiger partial charge in [-0.2, -0.15) is 0 Å². The van der Waals surface area contributed by atoms with E-state index in [0.29, 0.717) is 5.92 Å². The summed E-state index contributed by atoms with van der Waals surface area (Å²) in [6, 6.07) is 6.41.